The van der Waals surface area contributed by atoms with Crippen molar-refractivity contribution in [1.82, 2.24) is 5.32 Å². The van der Waals surface area contributed by atoms with Gasteiger partial charge in [0.25, 0.3) is 0 Å². The molecular formula is C15H20F3NO3. The topological polar surface area (TPSA) is 39.7 Å². The van der Waals surface area contributed by atoms with Gasteiger partial charge in [0.2, 0.25) is 0 Å². The van der Waals surface area contributed by atoms with Crippen molar-refractivity contribution in [2.45, 2.75) is 31.2 Å². The van der Waals surface area contributed by atoms with Gasteiger partial charge in [-0.05, 0) is 31.5 Å². The number of alkyl halides is 3. The highest BCUT2D eigenvalue weighted by Crippen LogP contribution is 2.43. The Morgan fingerprint density at radius 3 is 2.27 bits per heavy atom. The molecule has 2 unspecified atom stereocenters. The molecule has 7 heteroatoms. The summed E-state index contributed by atoms with van der Waals surface area (Å²) in [6.07, 6.45) is -3.00. The van der Waals surface area contributed by atoms with E-state index in [1.54, 1.807) is 0 Å². The smallest absolute Gasteiger partial charge is 0.420 e. The number of hydrogen-bond donors (Lipinski definition) is 1. The minimum absolute atomic E-state index is 0.0420. The molecule has 124 valence electrons. The van der Waals surface area contributed by atoms with Crippen molar-refractivity contribution in [2.75, 3.05) is 27.9 Å². The van der Waals surface area contributed by atoms with E-state index in [-0.39, 0.29) is 17.5 Å². The summed E-state index contributed by atoms with van der Waals surface area (Å²) >= 11 is 0. The van der Waals surface area contributed by atoms with Crippen LogP contribution in [-0.2, 0) is 10.9 Å². The maximum Gasteiger partial charge on any atom is 0.420 e. The van der Waals surface area contributed by atoms with Crippen LogP contribution in [0.2, 0.25) is 0 Å². The van der Waals surface area contributed by atoms with Gasteiger partial charge in [0.15, 0.2) is 0 Å². The van der Waals surface area contributed by atoms with E-state index < -0.39 is 17.8 Å². The Morgan fingerprint density at radius 1 is 1.14 bits per heavy atom. The standard InChI is InChI=1S/C15H20F3NO3/c1-20-12-8-10(15(16,17)18)13(21-2)7-9(12)14(22-3)11-5-4-6-19-11/h7-8,11,14,19H,4-6H2,1-3H3. The molecule has 1 aromatic rings. The van der Waals surface area contributed by atoms with Crippen molar-refractivity contribution in [1.29, 1.82) is 0 Å². The van der Waals surface area contributed by atoms with Gasteiger partial charge < -0.3 is 19.5 Å². The second-order valence-electron chi connectivity index (χ2n) is 5.15. The predicted molar refractivity (Wildman–Crippen MR) is 75.3 cm³/mol. The van der Waals surface area contributed by atoms with Gasteiger partial charge in [-0.1, -0.05) is 0 Å². The molecule has 2 rings (SSSR count). The SMILES string of the molecule is COc1cc(C(F)(F)F)c(OC)cc1C(OC)C1CCCN1. The van der Waals surface area contributed by atoms with Gasteiger partial charge in [-0.15, -0.1) is 0 Å². The normalized spacial score (nSPS) is 20.0. The van der Waals surface area contributed by atoms with Gasteiger partial charge in [0.05, 0.1) is 14.2 Å². The average molecular weight is 319 g/mol. The Labute approximate surface area is 127 Å². The first kappa shape index (κ1) is 16.9. The van der Waals surface area contributed by atoms with E-state index in [0.717, 1.165) is 25.5 Å². The molecule has 0 radical (unpaired) electrons. The molecule has 1 N–H and O–H groups in total. The quantitative estimate of drug-likeness (QED) is 0.905. The Kier molecular flexibility index (Phi) is 5.18. The van der Waals surface area contributed by atoms with Crippen LogP contribution in [0.25, 0.3) is 0 Å². The molecule has 0 aliphatic carbocycles. The summed E-state index contributed by atoms with van der Waals surface area (Å²) in [5.41, 5.74) is -0.306. The third-order valence-corrected chi connectivity index (χ3v) is 3.88. The molecule has 0 saturated carbocycles. The highest BCUT2D eigenvalue weighted by molar-refractivity contribution is 5.49. The third kappa shape index (κ3) is 3.30. The van der Waals surface area contributed by atoms with Crippen molar-refractivity contribution in [3.63, 3.8) is 0 Å². The molecule has 0 amide bonds. The van der Waals surface area contributed by atoms with Crippen LogP contribution in [0.1, 0.15) is 30.1 Å². The van der Waals surface area contributed by atoms with Crippen molar-refractivity contribution >= 4 is 0 Å². The van der Waals surface area contributed by atoms with Gasteiger partial charge in [0.1, 0.15) is 23.2 Å². The van der Waals surface area contributed by atoms with Crippen LogP contribution in [0.4, 0.5) is 13.2 Å². The lowest BCUT2D eigenvalue weighted by molar-refractivity contribution is -0.138. The minimum Gasteiger partial charge on any atom is -0.496 e. The van der Waals surface area contributed by atoms with Gasteiger partial charge in [0, 0.05) is 18.7 Å². The lowest BCUT2D eigenvalue weighted by atomic mass is 9.97. The van der Waals surface area contributed by atoms with E-state index in [1.165, 1.54) is 27.4 Å². The zero-order valence-electron chi connectivity index (χ0n) is 12.8. The number of methoxy groups -OCH3 is 3. The first-order valence-electron chi connectivity index (χ1n) is 7.01. The summed E-state index contributed by atoms with van der Waals surface area (Å²) in [7, 11) is 4.10. The first-order chi connectivity index (χ1) is 10.4. The van der Waals surface area contributed by atoms with Crippen LogP contribution in [0.15, 0.2) is 12.1 Å². The molecule has 22 heavy (non-hydrogen) atoms. The van der Waals surface area contributed by atoms with Gasteiger partial charge in [-0.2, -0.15) is 13.2 Å². The van der Waals surface area contributed by atoms with Crippen LogP contribution >= 0.6 is 0 Å². The number of nitrogens with one attached hydrogen (secondary N) is 1. The summed E-state index contributed by atoms with van der Waals surface area (Å²) in [4.78, 5) is 0. The molecule has 1 saturated heterocycles. The highest BCUT2D eigenvalue weighted by atomic mass is 19.4. The third-order valence-electron chi connectivity index (χ3n) is 3.88. The second-order valence-corrected chi connectivity index (χ2v) is 5.15. The van der Waals surface area contributed by atoms with E-state index in [0.29, 0.717) is 5.56 Å². The number of halogens is 3. The fourth-order valence-electron chi connectivity index (χ4n) is 2.84. The molecule has 0 bridgehead atoms. The minimum atomic E-state index is -4.51. The number of benzene rings is 1. The second kappa shape index (κ2) is 6.75. The molecule has 1 heterocycles. The molecule has 2 atom stereocenters. The Balaban J connectivity index is 2.50. The Morgan fingerprint density at radius 2 is 1.82 bits per heavy atom. The summed E-state index contributed by atoms with van der Waals surface area (Å²) in [5.74, 6) is -0.0861. The number of ether oxygens (including phenoxy) is 3. The number of rotatable bonds is 5. The maximum atomic E-state index is 13.1. The van der Waals surface area contributed by atoms with Crippen molar-refractivity contribution < 1.29 is 27.4 Å². The summed E-state index contributed by atoms with van der Waals surface area (Å²) in [6, 6.07) is 2.37. The van der Waals surface area contributed by atoms with Crippen molar-refractivity contribution in [3.8, 4) is 11.5 Å². The van der Waals surface area contributed by atoms with Gasteiger partial charge >= 0.3 is 6.18 Å². The fraction of sp³-hybridized carbons (Fsp3) is 0.600. The highest BCUT2D eigenvalue weighted by Gasteiger charge is 2.37. The molecule has 1 fully saturated rings. The average Bonchev–Trinajstić information content (AvgIpc) is 3.00. The molecule has 1 aliphatic heterocycles. The van der Waals surface area contributed by atoms with Crippen molar-refractivity contribution in [2.24, 2.45) is 0 Å². The van der Waals surface area contributed by atoms with E-state index in [4.69, 9.17) is 14.2 Å². The maximum absolute atomic E-state index is 13.1. The predicted octanol–water partition coefficient (Wildman–Crippen LogP) is 3.16. The molecule has 0 aromatic heterocycles. The fourth-order valence-corrected chi connectivity index (χ4v) is 2.84. The van der Waals surface area contributed by atoms with E-state index in [9.17, 15) is 13.2 Å². The van der Waals surface area contributed by atoms with Gasteiger partial charge in [-0.3, -0.25) is 0 Å². The van der Waals surface area contributed by atoms with Crippen LogP contribution in [-0.4, -0.2) is 33.9 Å². The van der Waals surface area contributed by atoms with Crippen LogP contribution < -0.4 is 14.8 Å². The molecule has 0 spiro atoms. The van der Waals surface area contributed by atoms with Crippen LogP contribution in [0.5, 0.6) is 11.5 Å². The zero-order chi connectivity index (χ0) is 16.3. The molecule has 1 aromatic carbocycles. The first-order valence-corrected chi connectivity index (χ1v) is 7.01. The van der Waals surface area contributed by atoms with Crippen LogP contribution in [0, 0.1) is 0 Å². The largest absolute Gasteiger partial charge is 0.496 e. The Bertz CT molecular complexity index is 513. The summed E-state index contributed by atoms with van der Waals surface area (Å²) < 4.78 is 54.9. The summed E-state index contributed by atoms with van der Waals surface area (Å²) in [6.45, 7) is 0.866. The lowest BCUT2D eigenvalue weighted by Gasteiger charge is -2.26. The lowest BCUT2D eigenvalue weighted by Crippen LogP contribution is -2.30. The van der Waals surface area contributed by atoms with Crippen molar-refractivity contribution in [3.05, 3.63) is 23.3 Å². The Hall–Kier alpha value is -1.47. The molecular weight excluding hydrogens is 299 g/mol. The molecule has 1 aliphatic rings. The van der Waals surface area contributed by atoms with Gasteiger partial charge in [-0.25, -0.2) is 0 Å². The zero-order valence-corrected chi connectivity index (χ0v) is 12.8. The van der Waals surface area contributed by atoms with E-state index >= 15 is 0 Å². The molecule has 4 nitrogen and oxygen atoms in total. The monoisotopic (exact) mass is 319 g/mol. The van der Waals surface area contributed by atoms with E-state index in [2.05, 4.69) is 5.32 Å². The van der Waals surface area contributed by atoms with E-state index in [1.807, 2.05) is 0 Å². The summed E-state index contributed by atoms with van der Waals surface area (Å²) in [5, 5.41) is 3.30. The van der Waals surface area contributed by atoms with Crippen LogP contribution in [0.3, 0.4) is 0 Å². The number of hydrogen-bond acceptors (Lipinski definition) is 4.